The van der Waals surface area contributed by atoms with Gasteiger partial charge in [0.1, 0.15) is 5.01 Å². The Morgan fingerprint density at radius 3 is 2.71 bits per heavy atom. The summed E-state index contributed by atoms with van der Waals surface area (Å²) < 4.78 is 1.11. The van der Waals surface area contributed by atoms with Crippen molar-refractivity contribution in [2.75, 3.05) is 12.8 Å². The van der Waals surface area contributed by atoms with Crippen LogP contribution in [0.5, 0.6) is 0 Å². The Morgan fingerprint density at radius 2 is 2.12 bits per heavy atom. The Bertz CT molecular complexity index is 334. The molecule has 1 aromatic heterocycles. The Kier molecular flexibility index (Phi) is 5.25. The van der Waals surface area contributed by atoms with Crippen LogP contribution in [-0.4, -0.2) is 29.0 Å². The van der Waals surface area contributed by atoms with E-state index in [1.165, 1.54) is 32.1 Å². The Labute approximate surface area is 112 Å². The van der Waals surface area contributed by atoms with Crippen LogP contribution in [0.15, 0.2) is 4.34 Å². The molecule has 2 rings (SSSR count). The first kappa shape index (κ1) is 13.3. The molecule has 0 aromatic carbocycles. The third-order valence-corrected chi connectivity index (χ3v) is 5.57. The van der Waals surface area contributed by atoms with Crippen LogP contribution in [0.1, 0.15) is 37.1 Å². The average Bonchev–Trinajstić information content (AvgIpc) is 2.77. The average molecular weight is 271 g/mol. The summed E-state index contributed by atoms with van der Waals surface area (Å²) in [6.45, 7) is 2.01. The van der Waals surface area contributed by atoms with Gasteiger partial charge >= 0.3 is 0 Å². The van der Waals surface area contributed by atoms with Crippen LogP contribution in [0.3, 0.4) is 0 Å². The number of thioether (sulfide) groups is 1. The number of aromatic nitrogens is 2. The van der Waals surface area contributed by atoms with Gasteiger partial charge < -0.3 is 5.32 Å². The van der Waals surface area contributed by atoms with Crippen molar-refractivity contribution in [1.82, 2.24) is 15.5 Å². The van der Waals surface area contributed by atoms with E-state index in [1.807, 2.05) is 18.7 Å². The molecule has 1 heterocycles. The number of hydrogen-bond acceptors (Lipinski definition) is 5. The van der Waals surface area contributed by atoms with Gasteiger partial charge in [-0.15, -0.1) is 10.2 Å². The van der Waals surface area contributed by atoms with Crippen LogP contribution in [0.4, 0.5) is 0 Å². The van der Waals surface area contributed by atoms with Crippen molar-refractivity contribution in [2.45, 2.75) is 49.4 Å². The largest absolute Gasteiger partial charge is 0.316 e. The summed E-state index contributed by atoms with van der Waals surface area (Å²) >= 11 is 3.55. The van der Waals surface area contributed by atoms with E-state index in [0.29, 0.717) is 6.04 Å². The lowest BCUT2D eigenvalue weighted by Crippen LogP contribution is -2.36. The fourth-order valence-corrected chi connectivity index (χ4v) is 4.57. The second-order valence-electron chi connectivity index (χ2n) is 4.69. The van der Waals surface area contributed by atoms with E-state index >= 15 is 0 Å². The molecule has 1 atom stereocenters. The predicted molar refractivity (Wildman–Crippen MR) is 74.8 cm³/mol. The predicted octanol–water partition coefficient (Wildman–Crippen LogP) is 3.11. The lowest BCUT2D eigenvalue weighted by atomic mass is 9.84. The van der Waals surface area contributed by atoms with E-state index in [0.717, 1.165) is 21.0 Å². The molecular formula is C12H21N3S2. The molecule has 0 radical (unpaired) electrons. The zero-order valence-electron chi connectivity index (χ0n) is 10.6. The second kappa shape index (κ2) is 6.71. The summed E-state index contributed by atoms with van der Waals surface area (Å²) in [6, 6.07) is 0.629. The molecule has 3 nitrogen and oxygen atoms in total. The Hall–Kier alpha value is -0.130. The number of hydrogen-bond donors (Lipinski definition) is 1. The summed E-state index contributed by atoms with van der Waals surface area (Å²) in [4.78, 5) is 0. The molecule has 1 saturated carbocycles. The normalized spacial score (nSPS) is 19.4. The van der Waals surface area contributed by atoms with Gasteiger partial charge in [0.15, 0.2) is 4.34 Å². The zero-order valence-corrected chi connectivity index (χ0v) is 12.2. The first-order chi connectivity index (χ1) is 8.29. The van der Waals surface area contributed by atoms with Gasteiger partial charge in [0, 0.05) is 11.8 Å². The Morgan fingerprint density at radius 1 is 1.35 bits per heavy atom. The standard InChI is InChI=1S/C12H21N3S2/c1-9-14-15-12(17-9)16-8-11(13-2)10-6-4-3-5-7-10/h10-11,13H,3-8H2,1-2H3. The molecular weight excluding hydrogens is 250 g/mol. The molecule has 5 heteroatoms. The molecule has 1 aromatic rings. The van der Waals surface area contributed by atoms with Crippen molar-refractivity contribution in [3.8, 4) is 0 Å². The van der Waals surface area contributed by atoms with Gasteiger partial charge in [-0.3, -0.25) is 0 Å². The highest BCUT2D eigenvalue weighted by atomic mass is 32.2. The minimum atomic E-state index is 0.629. The first-order valence-corrected chi connectivity index (χ1v) is 8.20. The van der Waals surface area contributed by atoms with Gasteiger partial charge in [0.25, 0.3) is 0 Å². The van der Waals surface area contributed by atoms with Gasteiger partial charge in [0.2, 0.25) is 0 Å². The third kappa shape index (κ3) is 3.93. The Balaban J connectivity index is 1.82. The van der Waals surface area contributed by atoms with Crippen molar-refractivity contribution in [2.24, 2.45) is 5.92 Å². The van der Waals surface area contributed by atoms with Crippen molar-refractivity contribution in [3.63, 3.8) is 0 Å². The number of rotatable bonds is 5. The van der Waals surface area contributed by atoms with E-state index < -0.39 is 0 Å². The van der Waals surface area contributed by atoms with Gasteiger partial charge in [-0.05, 0) is 32.7 Å². The smallest absolute Gasteiger partial charge is 0.174 e. The van der Waals surface area contributed by atoms with Crippen LogP contribution in [0.25, 0.3) is 0 Å². The maximum Gasteiger partial charge on any atom is 0.174 e. The SMILES string of the molecule is CNC(CSc1nnc(C)s1)C1CCCCC1. The highest BCUT2D eigenvalue weighted by molar-refractivity contribution is 8.01. The van der Waals surface area contributed by atoms with Crippen molar-refractivity contribution >= 4 is 23.1 Å². The third-order valence-electron chi connectivity index (χ3n) is 3.48. The highest BCUT2D eigenvalue weighted by Gasteiger charge is 2.22. The minimum Gasteiger partial charge on any atom is -0.316 e. The number of aryl methyl sites for hydroxylation is 1. The summed E-state index contributed by atoms with van der Waals surface area (Å²) in [5, 5.41) is 12.8. The molecule has 1 fully saturated rings. The molecule has 1 aliphatic carbocycles. The minimum absolute atomic E-state index is 0.629. The van der Waals surface area contributed by atoms with Crippen molar-refractivity contribution in [1.29, 1.82) is 0 Å². The molecule has 0 bridgehead atoms. The van der Waals surface area contributed by atoms with E-state index in [1.54, 1.807) is 11.3 Å². The van der Waals surface area contributed by atoms with Gasteiger partial charge in [-0.25, -0.2) is 0 Å². The highest BCUT2D eigenvalue weighted by Crippen LogP contribution is 2.30. The molecule has 17 heavy (non-hydrogen) atoms. The molecule has 0 saturated heterocycles. The molecule has 96 valence electrons. The molecule has 1 aliphatic rings. The summed E-state index contributed by atoms with van der Waals surface area (Å²) in [5.41, 5.74) is 0. The van der Waals surface area contributed by atoms with Crippen molar-refractivity contribution in [3.05, 3.63) is 5.01 Å². The van der Waals surface area contributed by atoms with Crippen LogP contribution >= 0.6 is 23.1 Å². The zero-order chi connectivity index (χ0) is 12.1. The van der Waals surface area contributed by atoms with Crippen LogP contribution in [0, 0.1) is 12.8 Å². The lowest BCUT2D eigenvalue weighted by Gasteiger charge is -2.29. The van der Waals surface area contributed by atoms with Crippen LogP contribution < -0.4 is 5.32 Å². The van der Waals surface area contributed by atoms with E-state index in [4.69, 9.17) is 0 Å². The maximum atomic E-state index is 4.17. The maximum absolute atomic E-state index is 4.17. The molecule has 0 amide bonds. The van der Waals surface area contributed by atoms with Gasteiger partial charge in [-0.1, -0.05) is 42.4 Å². The topological polar surface area (TPSA) is 37.8 Å². The summed E-state index contributed by atoms with van der Waals surface area (Å²) in [6.07, 6.45) is 7.02. The molecule has 0 aliphatic heterocycles. The fourth-order valence-electron chi connectivity index (χ4n) is 2.49. The van der Waals surface area contributed by atoms with Crippen LogP contribution in [-0.2, 0) is 0 Å². The number of nitrogens with one attached hydrogen (secondary N) is 1. The fraction of sp³-hybridized carbons (Fsp3) is 0.833. The van der Waals surface area contributed by atoms with Gasteiger partial charge in [0.05, 0.1) is 0 Å². The van der Waals surface area contributed by atoms with E-state index in [-0.39, 0.29) is 0 Å². The molecule has 1 N–H and O–H groups in total. The molecule has 0 spiro atoms. The first-order valence-electron chi connectivity index (χ1n) is 6.40. The quantitative estimate of drug-likeness (QED) is 0.835. The monoisotopic (exact) mass is 271 g/mol. The second-order valence-corrected chi connectivity index (χ2v) is 7.14. The van der Waals surface area contributed by atoms with Gasteiger partial charge in [-0.2, -0.15) is 0 Å². The summed E-state index contributed by atoms with van der Waals surface area (Å²) in [5.74, 6) is 1.98. The number of nitrogens with zero attached hydrogens (tertiary/aromatic N) is 2. The summed E-state index contributed by atoms with van der Waals surface area (Å²) in [7, 11) is 2.09. The lowest BCUT2D eigenvalue weighted by molar-refractivity contribution is 0.294. The van der Waals surface area contributed by atoms with E-state index in [2.05, 4.69) is 22.6 Å². The van der Waals surface area contributed by atoms with E-state index in [9.17, 15) is 0 Å². The van der Waals surface area contributed by atoms with Crippen molar-refractivity contribution < 1.29 is 0 Å². The van der Waals surface area contributed by atoms with Crippen LogP contribution in [0.2, 0.25) is 0 Å². The molecule has 1 unspecified atom stereocenters.